The van der Waals surface area contributed by atoms with Crippen molar-refractivity contribution in [3.05, 3.63) is 0 Å². The summed E-state index contributed by atoms with van der Waals surface area (Å²) in [7, 11) is 4.31. The third-order valence-corrected chi connectivity index (χ3v) is 12.5. The fourth-order valence-corrected chi connectivity index (χ4v) is 8.47. The van der Waals surface area contributed by atoms with Gasteiger partial charge in [-0.15, -0.1) is 0 Å². The lowest BCUT2D eigenvalue weighted by atomic mass is 9.97. The van der Waals surface area contributed by atoms with E-state index >= 15 is 0 Å². The molecule has 0 rings (SSSR count). The summed E-state index contributed by atoms with van der Waals surface area (Å²) in [5.41, 5.74) is 0. The van der Waals surface area contributed by atoms with Gasteiger partial charge in [0.05, 0.1) is 25.0 Å². The van der Waals surface area contributed by atoms with E-state index in [-0.39, 0.29) is 30.0 Å². The molecule has 0 bridgehead atoms. The number of unbranched alkanes of at least 4 members (excludes halogenated alkanes) is 21. The number of ether oxygens (including phenoxy) is 2. The second-order valence-electron chi connectivity index (χ2n) is 18.1. The molecule has 0 aliphatic carbocycles. The van der Waals surface area contributed by atoms with Crippen LogP contribution in [0.1, 0.15) is 253 Å². The molecule has 0 aliphatic rings. The number of carbonyl (C=O) groups excluding carboxylic acids is 2. The second-order valence-corrected chi connectivity index (χ2v) is 18.1. The number of hydrogen-bond donors (Lipinski definition) is 1. The predicted octanol–water partition coefficient (Wildman–Crippen LogP) is 14.2. The zero-order valence-corrected chi connectivity index (χ0v) is 40.2. The molecule has 3 unspecified atom stereocenters. The van der Waals surface area contributed by atoms with Crippen molar-refractivity contribution in [3.63, 3.8) is 0 Å². The Morgan fingerprint density at radius 2 is 0.776 bits per heavy atom. The smallest absolute Gasteiger partial charge is 0.308 e. The number of esters is 2. The highest BCUT2D eigenvalue weighted by Gasteiger charge is 2.24. The largest absolute Gasteiger partial charge is 0.465 e. The normalized spacial score (nSPS) is 13.9. The Morgan fingerprint density at radius 1 is 0.431 bits per heavy atom. The molecular weight excluding hydrogens is 721 g/mol. The van der Waals surface area contributed by atoms with E-state index < -0.39 is 0 Å². The van der Waals surface area contributed by atoms with Gasteiger partial charge in [-0.1, -0.05) is 182 Å². The van der Waals surface area contributed by atoms with Gasteiger partial charge in [0.2, 0.25) is 0 Å². The summed E-state index contributed by atoms with van der Waals surface area (Å²) >= 11 is 0. The van der Waals surface area contributed by atoms with Crippen LogP contribution in [0.15, 0.2) is 0 Å². The first kappa shape index (κ1) is 56.8. The van der Waals surface area contributed by atoms with E-state index in [0.29, 0.717) is 19.3 Å². The second kappa shape index (κ2) is 42.5. The third-order valence-electron chi connectivity index (χ3n) is 12.5. The van der Waals surface area contributed by atoms with Gasteiger partial charge >= 0.3 is 11.9 Å². The first-order chi connectivity index (χ1) is 28.2. The summed E-state index contributed by atoms with van der Waals surface area (Å²) in [4.78, 5) is 29.7. The van der Waals surface area contributed by atoms with E-state index in [1.165, 1.54) is 135 Å². The molecule has 1 N–H and O–H groups in total. The molecule has 0 aromatic heterocycles. The summed E-state index contributed by atoms with van der Waals surface area (Å²) in [5, 5.41) is 11.6. The first-order valence-electron chi connectivity index (χ1n) is 25.7. The van der Waals surface area contributed by atoms with Crippen LogP contribution in [0.2, 0.25) is 0 Å². The molecule has 7 nitrogen and oxygen atoms in total. The molecule has 0 saturated heterocycles. The Morgan fingerprint density at radius 3 is 1.17 bits per heavy atom. The standard InChI is InChI=1S/C51H102N2O5/c1-8-13-16-17-26-33-41-49(54)53(43-36-42-52(6)7)48(39-31-24-20-18-22-27-34-44-57-50(55)46(11-4)37-29-14-9-2)40-32-25-21-19-23-28-35-45-58-51(56)47(12-5)38-30-15-10-3/h46-49,54H,8-45H2,1-7H3. The zero-order valence-electron chi connectivity index (χ0n) is 40.2. The third kappa shape index (κ3) is 33.5. The van der Waals surface area contributed by atoms with Gasteiger partial charge in [0, 0.05) is 12.6 Å². The number of aliphatic hydroxyl groups excluding tert-OH is 1. The van der Waals surface area contributed by atoms with E-state index in [2.05, 4.69) is 58.5 Å². The minimum Gasteiger partial charge on any atom is -0.465 e. The van der Waals surface area contributed by atoms with Gasteiger partial charge < -0.3 is 19.5 Å². The fraction of sp³-hybridized carbons (Fsp3) is 0.961. The van der Waals surface area contributed by atoms with Gasteiger partial charge in [0.1, 0.15) is 6.23 Å². The van der Waals surface area contributed by atoms with E-state index in [1.807, 2.05) is 0 Å². The Labute approximate surface area is 362 Å². The quantitative estimate of drug-likeness (QED) is 0.0372. The zero-order chi connectivity index (χ0) is 42.9. The number of carbonyl (C=O) groups is 2. The maximum absolute atomic E-state index is 12.5. The highest BCUT2D eigenvalue weighted by atomic mass is 16.5. The van der Waals surface area contributed by atoms with E-state index in [0.717, 1.165) is 96.6 Å². The first-order valence-corrected chi connectivity index (χ1v) is 25.7. The van der Waals surface area contributed by atoms with Crippen LogP contribution in [0.5, 0.6) is 0 Å². The van der Waals surface area contributed by atoms with Crippen LogP contribution >= 0.6 is 0 Å². The van der Waals surface area contributed by atoms with Crippen molar-refractivity contribution >= 4 is 11.9 Å². The van der Waals surface area contributed by atoms with Crippen molar-refractivity contribution in [1.29, 1.82) is 0 Å². The minimum absolute atomic E-state index is 0.0191. The molecule has 0 radical (unpaired) electrons. The van der Waals surface area contributed by atoms with Gasteiger partial charge in [-0.25, -0.2) is 0 Å². The SMILES string of the molecule is CCCCCCCCC(O)N(CCCN(C)C)C(CCCCCCCCCOC(=O)C(CC)CCCCC)CCCCCCCCCOC(=O)C(CC)CCCCC. The maximum Gasteiger partial charge on any atom is 0.308 e. The van der Waals surface area contributed by atoms with Gasteiger partial charge in [0.15, 0.2) is 0 Å². The molecule has 346 valence electrons. The van der Waals surface area contributed by atoms with Crippen LogP contribution in [0.25, 0.3) is 0 Å². The van der Waals surface area contributed by atoms with Crippen LogP contribution in [-0.2, 0) is 19.1 Å². The number of nitrogens with zero attached hydrogens (tertiary/aromatic N) is 2. The van der Waals surface area contributed by atoms with Crippen LogP contribution in [0, 0.1) is 11.8 Å². The van der Waals surface area contributed by atoms with Crippen LogP contribution in [0.4, 0.5) is 0 Å². The summed E-state index contributed by atoms with van der Waals surface area (Å²) in [6.07, 6.45) is 39.0. The Balaban J connectivity index is 4.83. The molecule has 0 heterocycles. The topological polar surface area (TPSA) is 79.3 Å². The van der Waals surface area contributed by atoms with Crippen molar-refractivity contribution in [1.82, 2.24) is 9.80 Å². The molecule has 3 atom stereocenters. The molecule has 0 saturated carbocycles. The summed E-state index contributed by atoms with van der Waals surface area (Å²) < 4.78 is 11.3. The summed E-state index contributed by atoms with van der Waals surface area (Å²) in [5.74, 6) is 0.196. The van der Waals surface area contributed by atoms with Crippen molar-refractivity contribution < 1.29 is 24.2 Å². The van der Waals surface area contributed by atoms with E-state index in [4.69, 9.17) is 9.47 Å². The number of hydrogen-bond acceptors (Lipinski definition) is 7. The van der Waals surface area contributed by atoms with Gasteiger partial charge in [-0.3, -0.25) is 14.5 Å². The van der Waals surface area contributed by atoms with Crippen LogP contribution < -0.4 is 0 Å². The van der Waals surface area contributed by atoms with Gasteiger partial charge in [-0.2, -0.15) is 0 Å². The van der Waals surface area contributed by atoms with Crippen molar-refractivity contribution in [3.8, 4) is 0 Å². The molecule has 0 amide bonds. The summed E-state index contributed by atoms with van der Waals surface area (Å²) in [6, 6.07) is 0.449. The average Bonchev–Trinajstić information content (AvgIpc) is 3.21. The van der Waals surface area contributed by atoms with Crippen LogP contribution in [-0.4, -0.2) is 79.5 Å². The summed E-state index contributed by atoms with van der Waals surface area (Å²) in [6.45, 7) is 14.1. The lowest BCUT2D eigenvalue weighted by molar-refractivity contribution is -0.150. The van der Waals surface area contributed by atoms with Gasteiger partial charge in [0.25, 0.3) is 0 Å². The van der Waals surface area contributed by atoms with E-state index in [9.17, 15) is 14.7 Å². The highest BCUT2D eigenvalue weighted by molar-refractivity contribution is 5.72. The molecular formula is C51H102N2O5. The predicted molar refractivity (Wildman–Crippen MR) is 249 cm³/mol. The van der Waals surface area contributed by atoms with Gasteiger partial charge in [-0.05, 0) is 91.3 Å². The molecule has 58 heavy (non-hydrogen) atoms. The number of aliphatic hydroxyl groups is 1. The van der Waals surface area contributed by atoms with Crippen molar-refractivity contribution in [2.24, 2.45) is 11.8 Å². The van der Waals surface area contributed by atoms with Crippen molar-refractivity contribution in [2.45, 2.75) is 265 Å². The molecule has 0 fully saturated rings. The Bertz CT molecular complexity index is 835. The number of rotatable bonds is 45. The van der Waals surface area contributed by atoms with E-state index in [1.54, 1.807) is 0 Å². The minimum atomic E-state index is -0.338. The fourth-order valence-electron chi connectivity index (χ4n) is 8.47. The van der Waals surface area contributed by atoms with Crippen molar-refractivity contribution in [2.75, 3.05) is 40.4 Å². The van der Waals surface area contributed by atoms with Crippen LogP contribution in [0.3, 0.4) is 0 Å². The average molecular weight is 823 g/mol. The molecule has 7 heteroatoms. The molecule has 0 aromatic carbocycles. The monoisotopic (exact) mass is 823 g/mol. The lowest BCUT2D eigenvalue weighted by Crippen LogP contribution is -2.44. The maximum atomic E-state index is 12.5. The molecule has 0 spiro atoms. The Hall–Kier alpha value is -1.18. The molecule has 0 aromatic rings. The lowest BCUT2D eigenvalue weighted by Gasteiger charge is -2.36. The highest BCUT2D eigenvalue weighted by Crippen LogP contribution is 2.24. The Kier molecular flexibility index (Phi) is 41.6. The molecule has 0 aliphatic heterocycles.